The molecule has 0 aliphatic heterocycles. The van der Waals surface area contributed by atoms with E-state index in [9.17, 15) is 9.36 Å². The van der Waals surface area contributed by atoms with E-state index in [0.717, 1.165) is 0 Å². The first-order chi connectivity index (χ1) is 10.2. The first-order valence-corrected chi connectivity index (χ1v) is 8.86. The van der Waals surface area contributed by atoms with E-state index < -0.39 is 13.8 Å². The van der Waals surface area contributed by atoms with Crippen molar-refractivity contribution in [2.24, 2.45) is 0 Å². The Morgan fingerprint density at radius 2 is 1.50 bits per heavy atom. The summed E-state index contributed by atoms with van der Waals surface area (Å²) in [5.41, 5.74) is 0.672. The Morgan fingerprint density at radius 1 is 1.00 bits per heavy atom. The largest absolute Gasteiger partial charge is 0.406 e. The molecule has 1 aromatic rings. The summed E-state index contributed by atoms with van der Waals surface area (Å²) in [7, 11) is -3.56. The summed E-state index contributed by atoms with van der Waals surface area (Å²) in [6.45, 7) is 8.64. The summed E-state index contributed by atoms with van der Waals surface area (Å²) in [6.07, 6.45) is -0.581. The van der Waals surface area contributed by atoms with Gasteiger partial charge in [-0.3, -0.25) is 13.8 Å². The molecule has 0 heterocycles. The molecule has 0 unspecified atom stereocenters. The number of rotatable bonds is 8. The molecule has 0 bridgehead atoms. The van der Waals surface area contributed by atoms with Crippen molar-refractivity contribution >= 4 is 19.3 Å². The van der Waals surface area contributed by atoms with Crippen LogP contribution in [0.5, 0.6) is 0 Å². The maximum atomic E-state index is 12.7. The van der Waals surface area contributed by atoms with E-state index in [1.807, 2.05) is 18.2 Å². The molecule has 0 saturated heterocycles. The third-order valence-electron chi connectivity index (χ3n) is 2.49. The van der Waals surface area contributed by atoms with Gasteiger partial charge in [0.15, 0.2) is 0 Å². The Labute approximate surface area is 132 Å². The van der Waals surface area contributed by atoms with Gasteiger partial charge in [-0.15, -0.1) is 0 Å². The van der Waals surface area contributed by atoms with Crippen molar-refractivity contribution in [2.45, 2.75) is 52.9 Å². The molecule has 6 nitrogen and oxygen atoms in total. The molecular weight excluding hydrogens is 303 g/mol. The SMILES string of the molecule is CC(C)OP(=O)(N[C@@H](C)C(=O)Nc1ccccc1)OC(C)C. The molecule has 0 spiro atoms. The fraction of sp³-hybridized carbons (Fsp3) is 0.533. The van der Waals surface area contributed by atoms with Gasteiger partial charge < -0.3 is 5.32 Å². The normalized spacial score (nSPS) is 13.4. The van der Waals surface area contributed by atoms with Crippen molar-refractivity contribution in [3.05, 3.63) is 30.3 Å². The van der Waals surface area contributed by atoms with E-state index in [-0.39, 0.29) is 18.1 Å². The van der Waals surface area contributed by atoms with Gasteiger partial charge in [0.2, 0.25) is 5.91 Å². The Morgan fingerprint density at radius 3 is 1.95 bits per heavy atom. The van der Waals surface area contributed by atoms with Crippen molar-refractivity contribution in [1.29, 1.82) is 0 Å². The van der Waals surface area contributed by atoms with E-state index in [1.54, 1.807) is 46.8 Å². The van der Waals surface area contributed by atoms with Crippen LogP contribution in [-0.2, 0) is 18.4 Å². The third-order valence-corrected chi connectivity index (χ3v) is 4.59. The number of amides is 1. The summed E-state index contributed by atoms with van der Waals surface area (Å²) in [5, 5.41) is 5.41. The number of carbonyl (C=O) groups is 1. The van der Waals surface area contributed by atoms with E-state index in [4.69, 9.17) is 9.05 Å². The topological polar surface area (TPSA) is 76.7 Å². The zero-order chi connectivity index (χ0) is 16.8. The Bertz CT molecular complexity index is 506. The van der Waals surface area contributed by atoms with Crippen molar-refractivity contribution < 1.29 is 18.4 Å². The highest BCUT2D eigenvalue weighted by atomic mass is 31.2. The Balaban J connectivity index is 2.71. The van der Waals surface area contributed by atoms with E-state index in [0.29, 0.717) is 5.69 Å². The summed E-state index contributed by atoms with van der Waals surface area (Å²) >= 11 is 0. The Hall–Kier alpha value is -1.20. The van der Waals surface area contributed by atoms with Crippen LogP contribution in [-0.4, -0.2) is 24.2 Å². The molecule has 1 aromatic carbocycles. The second kappa shape index (κ2) is 8.44. The summed E-state index contributed by atoms with van der Waals surface area (Å²) in [5.74, 6) is -0.314. The zero-order valence-electron chi connectivity index (χ0n) is 13.7. The number of benzene rings is 1. The van der Waals surface area contributed by atoms with E-state index in [2.05, 4.69) is 10.4 Å². The van der Waals surface area contributed by atoms with Crippen molar-refractivity contribution in [1.82, 2.24) is 5.09 Å². The molecule has 0 aliphatic carbocycles. The molecule has 0 aromatic heterocycles. The second-order valence-corrected chi connectivity index (χ2v) is 7.19. The Kier molecular flexibility index (Phi) is 7.23. The average molecular weight is 328 g/mol. The number of para-hydroxylation sites is 1. The highest BCUT2D eigenvalue weighted by Gasteiger charge is 2.31. The average Bonchev–Trinajstić information content (AvgIpc) is 2.37. The van der Waals surface area contributed by atoms with Gasteiger partial charge in [-0.2, -0.15) is 0 Å². The van der Waals surface area contributed by atoms with Crippen molar-refractivity contribution in [2.75, 3.05) is 5.32 Å². The van der Waals surface area contributed by atoms with Crippen molar-refractivity contribution in [3.63, 3.8) is 0 Å². The number of hydrogen-bond donors (Lipinski definition) is 2. The number of anilines is 1. The van der Waals surface area contributed by atoms with Crippen LogP contribution in [0.1, 0.15) is 34.6 Å². The monoisotopic (exact) mass is 328 g/mol. The summed E-state index contributed by atoms with van der Waals surface area (Å²) in [4.78, 5) is 12.2. The van der Waals surface area contributed by atoms with Crippen LogP contribution in [0, 0.1) is 0 Å². The van der Waals surface area contributed by atoms with Crippen LogP contribution >= 0.6 is 7.75 Å². The number of carbonyl (C=O) groups excluding carboxylic acids is 1. The van der Waals surface area contributed by atoms with Gasteiger partial charge in [-0.05, 0) is 46.8 Å². The second-order valence-electron chi connectivity index (χ2n) is 5.51. The molecule has 0 radical (unpaired) electrons. The lowest BCUT2D eigenvalue weighted by Gasteiger charge is -2.25. The molecule has 22 heavy (non-hydrogen) atoms. The van der Waals surface area contributed by atoms with Gasteiger partial charge in [-0.1, -0.05) is 18.2 Å². The lowest BCUT2D eigenvalue weighted by atomic mass is 10.3. The fourth-order valence-corrected chi connectivity index (χ4v) is 3.58. The molecule has 1 atom stereocenters. The van der Waals surface area contributed by atoms with Crippen LogP contribution in [0.2, 0.25) is 0 Å². The fourth-order valence-electron chi connectivity index (χ4n) is 1.71. The van der Waals surface area contributed by atoms with E-state index >= 15 is 0 Å². The van der Waals surface area contributed by atoms with Crippen LogP contribution in [0.3, 0.4) is 0 Å². The van der Waals surface area contributed by atoms with Crippen LogP contribution in [0.15, 0.2) is 30.3 Å². The van der Waals surface area contributed by atoms with Gasteiger partial charge >= 0.3 is 7.75 Å². The molecule has 0 aliphatic rings. The predicted molar refractivity (Wildman–Crippen MR) is 87.7 cm³/mol. The van der Waals surface area contributed by atoms with Gasteiger partial charge in [0.05, 0.1) is 18.2 Å². The summed E-state index contributed by atoms with van der Waals surface area (Å²) < 4.78 is 23.4. The first kappa shape index (κ1) is 18.8. The minimum Gasteiger partial charge on any atom is -0.325 e. The number of nitrogens with one attached hydrogen (secondary N) is 2. The van der Waals surface area contributed by atoms with Crippen LogP contribution in [0.4, 0.5) is 5.69 Å². The van der Waals surface area contributed by atoms with Gasteiger partial charge in [0.1, 0.15) is 0 Å². The molecular formula is C15H25N2O4P. The lowest BCUT2D eigenvalue weighted by molar-refractivity contribution is -0.117. The van der Waals surface area contributed by atoms with Crippen molar-refractivity contribution in [3.8, 4) is 0 Å². The number of hydrogen-bond acceptors (Lipinski definition) is 4. The lowest BCUT2D eigenvalue weighted by Crippen LogP contribution is -2.37. The maximum Gasteiger partial charge on any atom is 0.406 e. The highest BCUT2D eigenvalue weighted by Crippen LogP contribution is 2.46. The summed E-state index contributed by atoms with van der Waals surface area (Å²) in [6, 6.07) is 8.32. The van der Waals surface area contributed by atoms with Crippen LogP contribution < -0.4 is 10.4 Å². The molecule has 0 fully saturated rings. The third kappa shape index (κ3) is 6.71. The van der Waals surface area contributed by atoms with Gasteiger partial charge in [-0.25, -0.2) is 9.65 Å². The first-order valence-electron chi connectivity index (χ1n) is 7.32. The minimum absolute atomic E-state index is 0.290. The van der Waals surface area contributed by atoms with E-state index in [1.165, 1.54) is 0 Å². The maximum absolute atomic E-state index is 12.7. The molecule has 1 amide bonds. The quantitative estimate of drug-likeness (QED) is 0.714. The molecule has 1 rings (SSSR count). The highest BCUT2D eigenvalue weighted by molar-refractivity contribution is 7.51. The molecule has 124 valence electrons. The molecule has 0 saturated carbocycles. The van der Waals surface area contributed by atoms with Crippen LogP contribution in [0.25, 0.3) is 0 Å². The minimum atomic E-state index is -3.56. The zero-order valence-corrected chi connectivity index (χ0v) is 14.6. The van der Waals surface area contributed by atoms with Gasteiger partial charge in [0.25, 0.3) is 0 Å². The van der Waals surface area contributed by atoms with Gasteiger partial charge in [0, 0.05) is 5.69 Å². The predicted octanol–water partition coefficient (Wildman–Crippen LogP) is 3.56. The standard InChI is InChI=1S/C15H25N2O4P/c1-11(2)20-22(19,21-12(3)4)17-13(5)15(18)16-14-9-7-6-8-10-14/h6-13H,1-5H3,(H,16,18)(H,17,19)/t13-/m0/s1. The molecule has 7 heteroatoms. The smallest absolute Gasteiger partial charge is 0.325 e. The molecule has 2 N–H and O–H groups in total.